The largest absolute Gasteiger partial charge is 0.310 e. The van der Waals surface area contributed by atoms with E-state index < -0.39 is 0 Å². The number of hydrogen-bond acceptors (Lipinski definition) is 1. The molecule has 0 radical (unpaired) electrons. The van der Waals surface area contributed by atoms with E-state index in [-0.39, 0.29) is 0 Å². The first kappa shape index (κ1) is 11.3. The summed E-state index contributed by atoms with van der Waals surface area (Å²) in [5.41, 5.74) is 3.05. The molecular formula is C16H23N. The molecule has 1 aromatic carbocycles. The summed E-state index contributed by atoms with van der Waals surface area (Å²) >= 11 is 0. The van der Waals surface area contributed by atoms with Crippen molar-refractivity contribution >= 4 is 0 Å². The molecule has 17 heavy (non-hydrogen) atoms. The molecule has 1 saturated carbocycles. The first-order valence-corrected chi connectivity index (χ1v) is 7.16. The maximum Gasteiger partial charge on any atom is 0.0320 e. The Morgan fingerprint density at radius 2 is 1.65 bits per heavy atom. The second kappa shape index (κ2) is 4.81. The molecule has 1 heteroatoms. The lowest BCUT2D eigenvalue weighted by Gasteiger charge is -2.29. The van der Waals surface area contributed by atoms with Crippen molar-refractivity contribution in [2.45, 2.75) is 51.0 Å². The SMILES string of the molecule is CC1CCC(c2ccc(C3CCC3)cc2)NC1. The zero-order valence-electron chi connectivity index (χ0n) is 10.8. The maximum absolute atomic E-state index is 3.66. The van der Waals surface area contributed by atoms with Crippen LogP contribution in [0.15, 0.2) is 24.3 Å². The molecule has 1 nitrogen and oxygen atoms in total. The summed E-state index contributed by atoms with van der Waals surface area (Å²) in [6.07, 6.45) is 6.89. The Hall–Kier alpha value is -0.820. The van der Waals surface area contributed by atoms with Crippen molar-refractivity contribution in [2.75, 3.05) is 6.54 Å². The van der Waals surface area contributed by atoms with Crippen LogP contribution < -0.4 is 5.32 Å². The van der Waals surface area contributed by atoms with Gasteiger partial charge in [0.05, 0.1) is 0 Å². The van der Waals surface area contributed by atoms with Crippen LogP contribution in [0.4, 0.5) is 0 Å². The summed E-state index contributed by atoms with van der Waals surface area (Å²) in [7, 11) is 0. The molecule has 0 bridgehead atoms. The minimum atomic E-state index is 0.599. The third kappa shape index (κ3) is 2.40. The highest BCUT2D eigenvalue weighted by Gasteiger charge is 2.21. The summed E-state index contributed by atoms with van der Waals surface area (Å²) in [6, 6.07) is 10.0. The van der Waals surface area contributed by atoms with Gasteiger partial charge in [0, 0.05) is 6.04 Å². The van der Waals surface area contributed by atoms with Crippen molar-refractivity contribution in [2.24, 2.45) is 5.92 Å². The fourth-order valence-corrected chi connectivity index (χ4v) is 3.03. The standard InChI is InChI=1S/C16H23N/c1-12-5-10-16(17-11-12)15-8-6-14(7-9-15)13-3-2-4-13/h6-9,12-13,16-17H,2-5,10-11H2,1H3. The van der Waals surface area contributed by atoms with E-state index in [1.807, 2.05) is 0 Å². The highest BCUT2D eigenvalue weighted by Crippen LogP contribution is 2.37. The van der Waals surface area contributed by atoms with Crippen LogP contribution in [0.2, 0.25) is 0 Å². The normalized spacial score (nSPS) is 29.9. The average molecular weight is 229 g/mol. The third-order valence-electron chi connectivity index (χ3n) is 4.58. The van der Waals surface area contributed by atoms with Gasteiger partial charge in [0.2, 0.25) is 0 Å². The molecule has 0 spiro atoms. The van der Waals surface area contributed by atoms with Gasteiger partial charge in [-0.15, -0.1) is 0 Å². The molecule has 92 valence electrons. The molecule has 1 saturated heterocycles. The van der Waals surface area contributed by atoms with Gasteiger partial charge in [-0.25, -0.2) is 0 Å². The number of benzene rings is 1. The molecule has 2 aliphatic rings. The molecule has 2 unspecified atom stereocenters. The molecule has 0 amide bonds. The summed E-state index contributed by atoms with van der Waals surface area (Å²) in [5, 5.41) is 3.66. The number of nitrogens with one attached hydrogen (secondary N) is 1. The lowest BCUT2D eigenvalue weighted by Crippen LogP contribution is -2.31. The summed E-state index contributed by atoms with van der Waals surface area (Å²) < 4.78 is 0. The Balaban J connectivity index is 1.67. The van der Waals surface area contributed by atoms with Crippen LogP contribution >= 0.6 is 0 Å². The van der Waals surface area contributed by atoms with Crippen LogP contribution in [0.3, 0.4) is 0 Å². The number of piperidine rings is 1. The van der Waals surface area contributed by atoms with Gasteiger partial charge in [-0.3, -0.25) is 0 Å². The maximum atomic E-state index is 3.66. The fraction of sp³-hybridized carbons (Fsp3) is 0.625. The van der Waals surface area contributed by atoms with Crippen LogP contribution in [0.1, 0.15) is 62.1 Å². The lowest BCUT2D eigenvalue weighted by molar-refractivity contribution is 0.333. The van der Waals surface area contributed by atoms with Crippen LogP contribution in [-0.4, -0.2) is 6.54 Å². The van der Waals surface area contributed by atoms with Gasteiger partial charge in [-0.05, 0) is 55.2 Å². The second-order valence-electron chi connectivity index (χ2n) is 5.94. The summed E-state index contributed by atoms with van der Waals surface area (Å²) in [5.74, 6) is 1.71. The van der Waals surface area contributed by atoms with Gasteiger partial charge >= 0.3 is 0 Å². The quantitative estimate of drug-likeness (QED) is 0.808. The summed E-state index contributed by atoms with van der Waals surface area (Å²) in [4.78, 5) is 0. The lowest BCUT2D eigenvalue weighted by atomic mass is 9.79. The van der Waals surface area contributed by atoms with Crippen molar-refractivity contribution in [3.8, 4) is 0 Å². The third-order valence-corrected chi connectivity index (χ3v) is 4.58. The van der Waals surface area contributed by atoms with Gasteiger partial charge in [0.15, 0.2) is 0 Å². The molecule has 2 fully saturated rings. The number of rotatable bonds is 2. The van der Waals surface area contributed by atoms with E-state index in [0.29, 0.717) is 6.04 Å². The fourth-order valence-electron chi connectivity index (χ4n) is 3.03. The van der Waals surface area contributed by atoms with E-state index in [4.69, 9.17) is 0 Å². The Morgan fingerprint density at radius 1 is 0.941 bits per heavy atom. The zero-order valence-corrected chi connectivity index (χ0v) is 10.8. The van der Waals surface area contributed by atoms with Crippen LogP contribution in [0, 0.1) is 5.92 Å². The average Bonchev–Trinajstić information content (AvgIpc) is 2.29. The Morgan fingerprint density at radius 3 is 2.18 bits per heavy atom. The molecule has 1 N–H and O–H groups in total. The Bertz CT molecular complexity index is 356. The van der Waals surface area contributed by atoms with Gasteiger partial charge in [-0.1, -0.05) is 37.6 Å². The first-order chi connectivity index (χ1) is 8.33. The molecule has 1 heterocycles. The van der Waals surface area contributed by atoms with E-state index in [0.717, 1.165) is 11.8 Å². The second-order valence-corrected chi connectivity index (χ2v) is 5.94. The van der Waals surface area contributed by atoms with Crippen molar-refractivity contribution in [3.05, 3.63) is 35.4 Å². The monoisotopic (exact) mass is 229 g/mol. The van der Waals surface area contributed by atoms with Crippen LogP contribution in [0.5, 0.6) is 0 Å². The molecule has 3 rings (SSSR count). The molecular weight excluding hydrogens is 206 g/mol. The van der Waals surface area contributed by atoms with E-state index in [2.05, 4.69) is 36.5 Å². The predicted molar refractivity (Wildman–Crippen MR) is 72.2 cm³/mol. The van der Waals surface area contributed by atoms with Crippen molar-refractivity contribution in [3.63, 3.8) is 0 Å². The van der Waals surface area contributed by atoms with E-state index in [1.54, 1.807) is 5.56 Å². The van der Waals surface area contributed by atoms with Gasteiger partial charge in [0.25, 0.3) is 0 Å². The number of hydrogen-bond donors (Lipinski definition) is 1. The zero-order chi connectivity index (χ0) is 11.7. The smallest absolute Gasteiger partial charge is 0.0320 e. The predicted octanol–water partition coefficient (Wildman–Crippen LogP) is 4.01. The van der Waals surface area contributed by atoms with Crippen LogP contribution in [-0.2, 0) is 0 Å². The molecule has 1 aliphatic heterocycles. The minimum absolute atomic E-state index is 0.599. The van der Waals surface area contributed by atoms with Crippen LogP contribution in [0.25, 0.3) is 0 Å². The Kier molecular flexibility index (Phi) is 3.19. The first-order valence-electron chi connectivity index (χ1n) is 7.16. The molecule has 2 atom stereocenters. The van der Waals surface area contributed by atoms with Gasteiger partial charge in [0.1, 0.15) is 0 Å². The van der Waals surface area contributed by atoms with E-state index >= 15 is 0 Å². The Labute approximate surface area is 105 Å². The van der Waals surface area contributed by atoms with Crippen molar-refractivity contribution in [1.29, 1.82) is 0 Å². The molecule has 1 aliphatic carbocycles. The van der Waals surface area contributed by atoms with Crippen molar-refractivity contribution in [1.82, 2.24) is 5.32 Å². The van der Waals surface area contributed by atoms with Gasteiger partial charge in [-0.2, -0.15) is 0 Å². The van der Waals surface area contributed by atoms with Gasteiger partial charge < -0.3 is 5.32 Å². The minimum Gasteiger partial charge on any atom is -0.310 e. The molecule has 1 aromatic rings. The van der Waals surface area contributed by atoms with E-state index in [1.165, 1.54) is 44.2 Å². The van der Waals surface area contributed by atoms with Crippen molar-refractivity contribution < 1.29 is 0 Å². The topological polar surface area (TPSA) is 12.0 Å². The highest BCUT2D eigenvalue weighted by atomic mass is 14.9. The highest BCUT2D eigenvalue weighted by molar-refractivity contribution is 5.28. The summed E-state index contributed by atoms with van der Waals surface area (Å²) in [6.45, 7) is 3.51. The van der Waals surface area contributed by atoms with E-state index in [9.17, 15) is 0 Å². The molecule has 0 aromatic heterocycles.